The van der Waals surface area contributed by atoms with Crippen molar-refractivity contribution in [3.8, 4) is 0 Å². The number of hydrogen-bond acceptors (Lipinski definition) is 4. The van der Waals surface area contributed by atoms with Crippen molar-refractivity contribution in [1.29, 1.82) is 0 Å². The van der Waals surface area contributed by atoms with Gasteiger partial charge in [-0.1, -0.05) is 12.8 Å². The Morgan fingerprint density at radius 3 is 2.30 bits per heavy atom. The monoisotopic (exact) mass is 308 g/mol. The number of aromatic carboxylic acids is 1. The summed E-state index contributed by atoms with van der Waals surface area (Å²) in [7, 11) is 0. The number of likely N-dealkylation sites (tertiary alicyclic amines) is 1. The fourth-order valence-corrected chi connectivity index (χ4v) is 3.22. The van der Waals surface area contributed by atoms with E-state index in [4.69, 9.17) is 5.11 Å². The van der Waals surface area contributed by atoms with Crippen LogP contribution in [0.4, 0.5) is 13.2 Å². The van der Waals surface area contributed by atoms with E-state index in [1.165, 1.54) is 0 Å². The van der Waals surface area contributed by atoms with E-state index in [0.717, 1.165) is 38.8 Å². The van der Waals surface area contributed by atoms with Gasteiger partial charge in [-0.3, -0.25) is 4.90 Å². The van der Waals surface area contributed by atoms with Crippen LogP contribution in [-0.2, 0) is 12.7 Å². The minimum atomic E-state index is -4.72. The molecule has 0 bridgehead atoms. The summed E-state index contributed by atoms with van der Waals surface area (Å²) in [6.45, 7) is 1.94. The molecule has 0 spiro atoms. The Labute approximate surface area is 118 Å². The van der Waals surface area contributed by atoms with Gasteiger partial charge in [0.15, 0.2) is 5.69 Å². The van der Waals surface area contributed by atoms with Crippen molar-refractivity contribution in [3.05, 3.63) is 15.6 Å². The van der Waals surface area contributed by atoms with Gasteiger partial charge in [-0.25, -0.2) is 9.78 Å². The second kappa shape index (κ2) is 6.09. The van der Waals surface area contributed by atoms with E-state index in [2.05, 4.69) is 4.98 Å². The first-order valence-corrected chi connectivity index (χ1v) is 7.22. The maximum atomic E-state index is 12.7. The molecule has 2 rings (SSSR count). The molecule has 1 aromatic heterocycles. The van der Waals surface area contributed by atoms with Gasteiger partial charge >= 0.3 is 12.1 Å². The Kier molecular flexibility index (Phi) is 4.64. The van der Waals surface area contributed by atoms with Crippen molar-refractivity contribution < 1.29 is 23.1 Å². The Morgan fingerprint density at radius 2 is 1.85 bits per heavy atom. The fourth-order valence-electron chi connectivity index (χ4n) is 2.25. The lowest BCUT2D eigenvalue weighted by Crippen LogP contribution is -2.24. The highest BCUT2D eigenvalue weighted by Crippen LogP contribution is 2.34. The van der Waals surface area contributed by atoms with Crippen molar-refractivity contribution in [2.45, 2.75) is 38.4 Å². The first-order valence-electron chi connectivity index (χ1n) is 6.40. The van der Waals surface area contributed by atoms with E-state index < -0.39 is 22.7 Å². The SMILES string of the molecule is O=C(O)c1sc(CN2CCCCCC2)nc1C(F)(F)F. The average Bonchev–Trinajstić information content (AvgIpc) is 2.61. The number of aromatic nitrogens is 1. The van der Waals surface area contributed by atoms with Crippen molar-refractivity contribution in [2.75, 3.05) is 13.1 Å². The number of halogens is 3. The second-order valence-corrected chi connectivity index (χ2v) is 5.86. The molecule has 0 aromatic carbocycles. The normalized spacial score (nSPS) is 17.9. The highest BCUT2D eigenvalue weighted by Gasteiger charge is 2.39. The summed E-state index contributed by atoms with van der Waals surface area (Å²) in [6, 6.07) is 0. The Balaban J connectivity index is 2.18. The van der Waals surface area contributed by atoms with Crippen LogP contribution < -0.4 is 0 Å². The number of thiazole rings is 1. The number of carbonyl (C=O) groups is 1. The van der Waals surface area contributed by atoms with Crippen LogP contribution in [-0.4, -0.2) is 34.0 Å². The standard InChI is InChI=1S/C12H15F3N2O2S/c13-12(14,15)10-9(11(18)19)20-8(16-10)7-17-5-3-1-2-4-6-17/h1-7H2,(H,18,19). The molecule has 1 N–H and O–H groups in total. The molecule has 1 aliphatic heterocycles. The lowest BCUT2D eigenvalue weighted by atomic mass is 10.2. The summed E-state index contributed by atoms with van der Waals surface area (Å²) in [5, 5.41) is 9.07. The average molecular weight is 308 g/mol. The lowest BCUT2D eigenvalue weighted by Gasteiger charge is -2.17. The highest BCUT2D eigenvalue weighted by atomic mass is 32.1. The molecule has 112 valence electrons. The van der Waals surface area contributed by atoms with Crippen LogP contribution in [0.3, 0.4) is 0 Å². The van der Waals surface area contributed by atoms with E-state index in [1.807, 2.05) is 4.90 Å². The molecular formula is C12H15F3N2O2S. The van der Waals surface area contributed by atoms with Gasteiger partial charge in [0.05, 0.1) is 6.54 Å². The van der Waals surface area contributed by atoms with Crippen LogP contribution in [0.15, 0.2) is 0 Å². The van der Waals surface area contributed by atoms with Crippen LogP contribution in [0, 0.1) is 0 Å². The van der Waals surface area contributed by atoms with Crippen molar-refractivity contribution in [3.63, 3.8) is 0 Å². The van der Waals surface area contributed by atoms with Crippen molar-refractivity contribution >= 4 is 17.3 Å². The lowest BCUT2D eigenvalue weighted by molar-refractivity contribution is -0.141. The molecule has 4 nitrogen and oxygen atoms in total. The number of hydrogen-bond donors (Lipinski definition) is 1. The number of nitrogens with zero attached hydrogens (tertiary/aromatic N) is 2. The van der Waals surface area contributed by atoms with Gasteiger partial charge in [0.1, 0.15) is 9.88 Å². The zero-order chi connectivity index (χ0) is 14.8. The van der Waals surface area contributed by atoms with E-state index in [-0.39, 0.29) is 5.01 Å². The predicted molar refractivity (Wildman–Crippen MR) is 67.8 cm³/mol. The van der Waals surface area contributed by atoms with Crippen LogP contribution >= 0.6 is 11.3 Å². The minimum absolute atomic E-state index is 0.219. The van der Waals surface area contributed by atoms with Gasteiger partial charge < -0.3 is 5.11 Å². The molecule has 0 unspecified atom stereocenters. The van der Waals surface area contributed by atoms with Crippen molar-refractivity contribution in [1.82, 2.24) is 9.88 Å². The number of carboxylic acid groups (broad SMARTS) is 1. The Bertz CT molecular complexity index is 480. The molecule has 1 saturated heterocycles. The van der Waals surface area contributed by atoms with E-state index >= 15 is 0 Å². The van der Waals surface area contributed by atoms with Gasteiger partial charge in [-0.2, -0.15) is 13.2 Å². The maximum absolute atomic E-state index is 12.7. The molecule has 0 amide bonds. The van der Waals surface area contributed by atoms with Gasteiger partial charge in [-0.15, -0.1) is 11.3 Å². The molecule has 1 aliphatic rings. The van der Waals surface area contributed by atoms with Crippen LogP contribution in [0.25, 0.3) is 0 Å². The molecule has 0 radical (unpaired) electrons. The third-order valence-corrected chi connectivity index (χ3v) is 4.22. The van der Waals surface area contributed by atoms with Crippen LogP contribution in [0.2, 0.25) is 0 Å². The largest absolute Gasteiger partial charge is 0.477 e. The molecule has 0 saturated carbocycles. The summed E-state index contributed by atoms with van der Waals surface area (Å²) in [4.78, 5) is 15.7. The third kappa shape index (κ3) is 3.69. The summed E-state index contributed by atoms with van der Waals surface area (Å²) in [5.74, 6) is -1.57. The molecule has 1 aromatic rings. The van der Waals surface area contributed by atoms with Crippen LogP contribution in [0.1, 0.15) is 46.1 Å². The summed E-state index contributed by atoms with van der Waals surface area (Å²) in [5.41, 5.74) is -1.28. The van der Waals surface area contributed by atoms with Crippen LogP contribution in [0.5, 0.6) is 0 Å². The highest BCUT2D eigenvalue weighted by molar-refractivity contribution is 7.13. The second-order valence-electron chi connectivity index (χ2n) is 4.78. The van der Waals surface area contributed by atoms with Gasteiger partial charge in [0.2, 0.25) is 0 Å². The van der Waals surface area contributed by atoms with E-state index in [9.17, 15) is 18.0 Å². The van der Waals surface area contributed by atoms with Gasteiger partial charge in [-0.05, 0) is 25.9 Å². The Hall–Kier alpha value is -1.15. The zero-order valence-corrected chi connectivity index (χ0v) is 11.6. The predicted octanol–water partition coefficient (Wildman–Crippen LogP) is 3.24. The van der Waals surface area contributed by atoms with Gasteiger partial charge in [0, 0.05) is 0 Å². The Morgan fingerprint density at radius 1 is 1.25 bits per heavy atom. The molecular weight excluding hydrogens is 293 g/mol. The number of alkyl halides is 3. The number of rotatable bonds is 3. The van der Waals surface area contributed by atoms with E-state index in [1.54, 1.807) is 0 Å². The van der Waals surface area contributed by atoms with Crippen molar-refractivity contribution in [2.24, 2.45) is 0 Å². The van der Waals surface area contributed by atoms with E-state index in [0.29, 0.717) is 17.9 Å². The summed E-state index contributed by atoms with van der Waals surface area (Å²) >= 11 is 0.623. The molecule has 8 heteroatoms. The summed E-state index contributed by atoms with van der Waals surface area (Å²) in [6.07, 6.45) is -0.432. The molecule has 20 heavy (non-hydrogen) atoms. The topological polar surface area (TPSA) is 53.4 Å². The quantitative estimate of drug-likeness (QED) is 0.931. The molecule has 0 aliphatic carbocycles. The summed E-state index contributed by atoms with van der Waals surface area (Å²) < 4.78 is 38.2. The smallest absolute Gasteiger partial charge is 0.435 e. The molecule has 1 fully saturated rings. The van der Waals surface area contributed by atoms with Gasteiger partial charge in [0.25, 0.3) is 0 Å². The molecule has 0 atom stereocenters. The maximum Gasteiger partial charge on any atom is 0.435 e. The molecule has 2 heterocycles. The first kappa shape index (κ1) is 15.2. The third-order valence-electron chi connectivity index (χ3n) is 3.19. The first-order chi connectivity index (χ1) is 9.38. The minimum Gasteiger partial charge on any atom is -0.477 e. The fraction of sp³-hybridized carbons (Fsp3) is 0.667. The zero-order valence-electron chi connectivity index (χ0n) is 10.7. The number of carboxylic acids is 1.